The molecule has 0 aromatic heterocycles. The van der Waals surface area contributed by atoms with E-state index in [-0.39, 0.29) is 12.8 Å². The van der Waals surface area contributed by atoms with E-state index in [4.69, 9.17) is 9.26 Å². The Kier molecular flexibility index (Phi) is 4.75. The Balaban J connectivity index is 1.78. The quantitative estimate of drug-likeness (QED) is 0.504. The number of amides is 2. The van der Waals surface area contributed by atoms with E-state index in [0.29, 0.717) is 5.70 Å². The molecule has 3 aliphatic rings. The topological polar surface area (TPSA) is 146 Å². The van der Waals surface area contributed by atoms with Crippen LogP contribution < -0.4 is 5.32 Å². The second kappa shape index (κ2) is 6.32. The van der Waals surface area contributed by atoms with Crippen molar-refractivity contribution in [2.24, 2.45) is 5.92 Å². The highest BCUT2D eigenvalue weighted by Gasteiger charge is 2.59. The maximum Gasteiger partial charge on any atom is 0.328 e. The molecule has 1 saturated carbocycles. The largest absolute Gasteiger partial charge is 0.351 e. The molecule has 0 spiro atoms. The molecule has 2 aliphatic heterocycles. The minimum atomic E-state index is -4.27. The van der Waals surface area contributed by atoms with E-state index < -0.39 is 51.2 Å². The summed E-state index contributed by atoms with van der Waals surface area (Å²) in [5.41, 5.74) is -0.441. The Morgan fingerprint density at radius 3 is 2.56 bits per heavy atom. The number of carbonyl (C=O) groups is 1. The van der Waals surface area contributed by atoms with E-state index in [2.05, 4.69) is 11.9 Å². The highest BCUT2D eigenvalue weighted by molar-refractivity contribution is 7.53. The van der Waals surface area contributed by atoms with Crippen LogP contribution in [0.25, 0.3) is 0 Å². The van der Waals surface area contributed by atoms with Gasteiger partial charge in [0.2, 0.25) is 0 Å². The van der Waals surface area contributed by atoms with Crippen LogP contribution in [0.15, 0.2) is 24.6 Å². The minimum Gasteiger partial charge on any atom is -0.351 e. The first-order valence-corrected chi connectivity index (χ1v) is 11.3. The van der Waals surface area contributed by atoms with Crippen molar-refractivity contribution in [2.45, 2.75) is 36.9 Å². The van der Waals surface area contributed by atoms with Crippen LogP contribution in [-0.2, 0) is 18.4 Å². The van der Waals surface area contributed by atoms with E-state index in [1.807, 2.05) is 0 Å². The van der Waals surface area contributed by atoms with Gasteiger partial charge in [0.1, 0.15) is 6.23 Å². The first kappa shape index (κ1) is 18.8. The van der Waals surface area contributed by atoms with Gasteiger partial charge in [-0.3, -0.25) is 14.0 Å². The third-order valence-electron chi connectivity index (χ3n) is 4.35. The SMILES string of the molecule is C=C1C=CN(C2CC(OP(C)(=O)O)C(C3CC3P(=O)(O)O)O2)C(=O)N1. The minimum absolute atomic E-state index is 0.109. The van der Waals surface area contributed by atoms with Gasteiger partial charge in [-0.1, -0.05) is 6.58 Å². The van der Waals surface area contributed by atoms with E-state index >= 15 is 0 Å². The Morgan fingerprint density at radius 2 is 2.04 bits per heavy atom. The highest BCUT2D eigenvalue weighted by atomic mass is 31.2. The second-order valence-corrected chi connectivity index (χ2v) is 10.1. The molecule has 1 aliphatic carbocycles. The van der Waals surface area contributed by atoms with Gasteiger partial charge in [-0.05, 0) is 12.5 Å². The molecule has 140 valence electrons. The fraction of sp³-hybridized carbons (Fsp3) is 0.615. The summed E-state index contributed by atoms with van der Waals surface area (Å²) in [5.74, 6) is -0.492. The van der Waals surface area contributed by atoms with Gasteiger partial charge >= 0.3 is 21.2 Å². The molecule has 6 atom stereocenters. The zero-order valence-corrected chi connectivity index (χ0v) is 15.2. The van der Waals surface area contributed by atoms with Gasteiger partial charge in [0.05, 0.1) is 17.9 Å². The molecular weight excluding hydrogens is 374 g/mol. The predicted molar refractivity (Wildman–Crippen MR) is 86.5 cm³/mol. The molecule has 12 heteroatoms. The first-order chi connectivity index (χ1) is 11.5. The van der Waals surface area contributed by atoms with Crippen molar-refractivity contribution in [1.29, 1.82) is 0 Å². The molecule has 0 aromatic carbocycles. The van der Waals surface area contributed by atoms with Crippen molar-refractivity contribution in [2.75, 3.05) is 6.66 Å². The highest BCUT2D eigenvalue weighted by Crippen LogP contribution is 2.61. The van der Waals surface area contributed by atoms with Crippen molar-refractivity contribution in [3.05, 3.63) is 24.6 Å². The van der Waals surface area contributed by atoms with E-state index in [9.17, 15) is 28.6 Å². The summed E-state index contributed by atoms with van der Waals surface area (Å²) >= 11 is 0. The number of hydrogen-bond acceptors (Lipinski definition) is 5. The third kappa shape index (κ3) is 4.23. The molecule has 0 radical (unpaired) electrons. The molecule has 0 aromatic rings. The number of urea groups is 1. The fourth-order valence-corrected chi connectivity index (χ4v) is 5.11. The van der Waals surface area contributed by atoms with E-state index in [1.165, 1.54) is 11.1 Å². The van der Waals surface area contributed by atoms with Gasteiger partial charge in [-0.25, -0.2) is 4.79 Å². The molecule has 2 amide bonds. The molecule has 2 heterocycles. The lowest BCUT2D eigenvalue weighted by Crippen LogP contribution is -2.44. The number of nitrogens with one attached hydrogen (secondary N) is 1. The number of rotatable bonds is 5. The van der Waals surface area contributed by atoms with Crippen molar-refractivity contribution < 1.29 is 37.9 Å². The monoisotopic (exact) mass is 394 g/mol. The lowest BCUT2D eigenvalue weighted by molar-refractivity contribution is -0.0389. The Morgan fingerprint density at radius 1 is 1.36 bits per heavy atom. The zero-order valence-electron chi connectivity index (χ0n) is 13.4. The summed E-state index contributed by atoms with van der Waals surface area (Å²) in [4.78, 5) is 41.4. The molecule has 0 bridgehead atoms. The normalized spacial score (nSPS) is 37.8. The third-order valence-corrected chi connectivity index (χ3v) is 6.47. The maximum atomic E-state index is 12.1. The van der Waals surface area contributed by atoms with Gasteiger partial charge in [-0.15, -0.1) is 0 Å². The average molecular weight is 394 g/mol. The lowest BCUT2D eigenvalue weighted by Gasteiger charge is -2.28. The molecule has 2 fully saturated rings. The summed E-state index contributed by atoms with van der Waals surface area (Å²) in [5, 5.41) is 2.52. The van der Waals surface area contributed by atoms with Crippen molar-refractivity contribution in [3.63, 3.8) is 0 Å². The predicted octanol–water partition coefficient (Wildman–Crippen LogP) is 0.921. The Bertz CT molecular complexity index is 713. The van der Waals surface area contributed by atoms with Crippen molar-refractivity contribution in [1.82, 2.24) is 10.2 Å². The van der Waals surface area contributed by atoms with Gasteiger partial charge in [0, 0.05) is 30.9 Å². The molecule has 25 heavy (non-hydrogen) atoms. The second-order valence-electron chi connectivity index (χ2n) is 6.47. The van der Waals surface area contributed by atoms with Crippen LogP contribution in [0, 0.1) is 5.92 Å². The number of allylic oxidation sites excluding steroid dienone is 1. The Hall–Kier alpha value is -0.990. The number of hydrogen-bond donors (Lipinski definition) is 4. The van der Waals surface area contributed by atoms with Crippen LogP contribution >= 0.6 is 15.2 Å². The number of carbonyl (C=O) groups excluding carboxylic acids is 1. The first-order valence-electron chi connectivity index (χ1n) is 7.61. The maximum absolute atomic E-state index is 12.1. The fourth-order valence-electron chi connectivity index (χ4n) is 3.22. The van der Waals surface area contributed by atoms with Crippen LogP contribution in [0.3, 0.4) is 0 Å². The van der Waals surface area contributed by atoms with Gasteiger partial charge < -0.3 is 29.3 Å². The number of nitrogens with zero attached hydrogens (tertiary/aromatic N) is 1. The van der Waals surface area contributed by atoms with E-state index in [0.717, 1.165) is 6.66 Å². The molecule has 1 saturated heterocycles. The molecule has 6 unspecified atom stereocenters. The smallest absolute Gasteiger partial charge is 0.328 e. The van der Waals surface area contributed by atoms with Crippen LogP contribution in [0.1, 0.15) is 12.8 Å². The van der Waals surface area contributed by atoms with E-state index in [1.54, 1.807) is 6.08 Å². The van der Waals surface area contributed by atoms with Crippen LogP contribution in [0.4, 0.5) is 4.79 Å². The zero-order chi connectivity index (χ0) is 18.6. The standard InChI is InChI=1S/C13H20N2O8P2/c1-7-3-4-15(13(16)14-7)11-6-9(23-24(2,17)18)12(22-11)8-5-10(8)25(19,20)21/h3-4,8-12H,1,5-6H2,2H3,(H,14,16)(H,17,18)(H2,19,20,21). The molecule has 4 N–H and O–H groups in total. The lowest BCUT2D eigenvalue weighted by atomic mass is 10.1. The number of ether oxygens (including phenoxy) is 1. The van der Waals surface area contributed by atoms with Gasteiger partial charge in [0.15, 0.2) is 0 Å². The molecule has 10 nitrogen and oxygen atoms in total. The average Bonchev–Trinajstić information content (AvgIpc) is 3.14. The summed E-state index contributed by atoms with van der Waals surface area (Å²) in [6.45, 7) is 4.64. The van der Waals surface area contributed by atoms with Crippen LogP contribution in [0.5, 0.6) is 0 Å². The Labute approximate surface area is 144 Å². The van der Waals surface area contributed by atoms with Crippen molar-refractivity contribution in [3.8, 4) is 0 Å². The van der Waals surface area contributed by atoms with Gasteiger partial charge in [-0.2, -0.15) is 0 Å². The van der Waals surface area contributed by atoms with Crippen LogP contribution in [0.2, 0.25) is 0 Å². The summed E-state index contributed by atoms with van der Waals surface area (Å²) in [7, 11) is -8.11. The molecule has 3 rings (SSSR count). The van der Waals surface area contributed by atoms with Crippen molar-refractivity contribution >= 4 is 21.2 Å². The summed E-state index contributed by atoms with van der Waals surface area (Å²) in [6, 6.07) is -0.470. The van der Waals surface area contributed by atoms with Crippen LogP contribution in [-0.4, -0.2) is 56.4 Å². The van der Waals surface area contributed by atoms with Gasteiger partial charge in [0.25, 0.3) is 0 Å². The summed E-state index contributed by atoms with van der Waals surface area (Å²) in [6.07, 6.45) is 0.984. The molecular formula is C13H20N2O8P2. The summed E-state index contributed by atoms with van der Waals surface area (Å²) < 4.78 is 34.0.